The third-order valence-electron chi connectivity index (χ3n) is 7.56. The zero-order valence-electron chi connectivity index (χ0n) is 25.0. The highest BCUT2D eigenvalue weighted by molar-refractivity contribution is 6.06. The van der Waals surface area contributed by atoms with Gasteiger partial charge in [0.15, 0.2) is 0 Å². The minimum Gasteiger partial charge on any atom is -0.481 e. The first-order valence-electron chi connectivity index (χ1n) is 15.0. The van der Waals surface area contributed by atoms with Gasteiger partial charge in [0.1, 0.15) is 0 Å². The number of amides is 2. The normalized spacial score (nSPS) is 10.7. The Balaban J connectivity index is 1.66. The molecule has 0 bridgehead atoms. The molecule has 1 N–H and O–H groups in total. The van der Waals surface area contributed by atoms with E-state index in [0.29, 0.717) is 48.3 Å². The average Bonchev–Trinajstić information content (AvgIpc) is 3.03. The molecular formula is C37H40N2O4. The van der Waals surface area contributed by atoms with Crippen LogP contribution in [-0.4, -0.2) is 52.3 Å². The topological polar surface area (TPSA) is 77.9 Å². The summed E-state index contributed by atoms with van der Waals surface area (Å²) < 4.78 is 0. The third kappa shape index (κ3) is 8.65. The van der Waals surface area contributed by atoms with Crippen LogP contribution >= 0.6 is 0 Å². The SMILES string of the molecule is CCCCN(Cc1ccccc1)C(=O)c1ccccc1-c1ccccc1C(=O)N(CCC(=O)O)CCc1ccc(C)cc1. The van der Waals surface area contributed by atoms with Gasteiger partial charge < -0.3 is 14.9 Å². The summed E-state index contributed by atoms with van der Waals surface area (Å²) in [6, 6.07) is 32.8. The minimum absolute atomic E-state index is 0.0859. The second kappa shape index (κ2) is 15.5. The van der Waals surface area contributed by atoms with E-state index in [0.717, 1.165) is 29.5 Å². The van der Waals surface area contributed by atoms with Gasteiger partial charge in [-0.1, -0.05) is 110 Å². The van der Waals surface area contributed by atoms with Gasteiger partial charge in [0.2, 0.25) is 0 Å². The number of hydrogen-bond acceptors (Lipinski definition) is 3. The molecule has 43 heavy (non-hydrogen) atoms. The van der Waals surface area contributed by atoms with Crippen molar-refractivity contribution < 1.29 is 19.5 Å². The van der Waals surface area contributed by atoms with Gasteiger partial charge in [-0.3, -0.25) is 14.4 Å². The number of unbranched alkanes of at least 4 members (excludes halogenated alkanes) is 1. The van der Waals surface area contributed by atoms with E-state index in [1.54, 1.807) is 17.0 Å². The highest BCUT2D eigenvalue weighted by Crippen LogP contribution is 2.30. The Morgan fingerprint density at radius 3 is 1.77 bits per heavy atom. The lowest BCUT2D eigenvalue weighted by Crippen LogP contribution is -2.35. The lowest BCUT2D eigenvalue weighted by Gasteiger charge is -2.26. The molecule has 6 nitrogen and oxygen atoms in total. The van der Waals surface area contributed by atoms with Gasteiger partial charge in [-0.25, -0.2) is 0 Å². The van der Waals surface area contributed by atoms with Crippen molar-refractivity contribution in [2.24, 2.45) is 0 Å². The van der Waals surface area contributed by atoms with Crippen LogP contribution in [0.25, 0.3) is 11.1 Å². The van der Waals surface area contributed by atoms with Crippen LogP contribution in [0.1, 0.15) is 63.6 Å². The van der Waals surface area contributed by atoms with Crippen molar-refractivity contribution in [2.75, 3.05) is 19.6 Å². The Morgan fingerprint density at radius 1 is 0.628 bits per heavy atom. The van der Waals surface area contributed by atoms with Gasteiger partial charge >= 0.3 is 5.97 Å². The molecule has 0 spiro atoms. The number of rotatable bonds is 14. The zero-order valence-corrected chi connectivity index (χ0v) is 25.0. The molecule has 4 aromatic rings. The summed E-state index contributed by atoms with van der Waals surface area (Å²) in [7, 11) is 0. The van der Waals surface area contributed by atoms with Crippen molar-refractivity contribution in [3.05, 3.63) is 131 Å². The number of hydrogen-bond donors (Lipinski definition) is 1. The number of carboxylic acids is 1. The molecule has 0 saturated heterocycles. The first-order chi connectivity index (χ1) is 20.9. The van der Waals surface area contributed by atoms with Crippen LogP contribution in [0.5, 0.6) is 0 Å². The molecule has 0 aromatic heterocycles. The first kappa shape index (κ1) is 31.2. The number of aryl methyl sites for hydroxylation is 1. The lowest BCUT2D eigenvalue weighted by atomic mass is 9.93. The molecule has 222 valence electrons. The highest BCUT2D eigenvalue weighted by atomic mass is 16.4. The standard InChI is InChI=1S/C37H40N2O4/c1-3-4-24-39(27-30-12-6-5-7-13-30)37(43)34-17-11-9-15-32(34)31-14-8-10-16-33(31)36(42)38(26-23-35(40)41)25-22-29-20-18-28(2)19-21-29/h5-21H,3-4,22-27H2,1-2H3,(H,40,41). The summed E-state index contributed by atoms with van der Waals surface area (Å²) in [5.74, 6) is -1.29. The average molecular weight is 577 g/mol. The minimum atomic E-state index is -0.956. The van der Waals surface area contributed by atoms with Crippen LogP contribution in [0.2, 0.25) is 0 Å². The highest BCUT2D eigenvalue weighted by Gasteiger charge is 2.24. The van der Waals surface area contributed by atoms with Gasteiger partial charge in [0.25, 0.3) is 11.8 Å². The summed E-state index contributed by atoms with van der Waals surface area (Å²) in [5, 5.41) is 9.40. The molecule has 0 fully saturated rings. The molecule has 0 saturated carbocycles. The Morgan fingerprint density at radius 2 is 1.19 bits per heavy atom. The first-order valence-corrected chi connectivity index (χ1v) is 15.0. The summed E-state index contributed by atoms with van der Waals surface area (Å²) in [6.45, 7) is 5.73. The lowest BCUT2D eigenvalue weighted by molar-refractivity contribution is -0.137. The summed E-state index contributed by atoms with van der Waals surface area (Å²) >= 11 is 0. The van der Waals surface area contributed by atoms with Crippen LogP contribution < -0.4 is 0 Å². The van der Waals surface area contributed by atoms with Gasteiger partial charge in [-0.05, 0) is 54.2 Å². The predicted octanol–water partition coefficient (Wildman–Crippen LogP) is 7.26. The smallest absolute Gasteiger partial charge is 0.305 e. The molecule has 2 amide bonds. The van der Waals surface area contributed by atoms with Crippen molar-refractivity contribution in [1.29, 1.82) is 0 Å². The Kier molecular flexibility index (Phi) is 11.3. The van der Waals surface area contributed by atoms with Gasteiger partial charge in [-0.2, -0.15) is 0 Å². The molecule has 4 aromatic carbocycles. The predicted molar refractivity (Wildman–Crippen MR) is 171 cm³/mol. The Bertz CT molecular complexity index is 1520. The number of benzene rings is 4. The van der Waals surface area contributed by atoms with Crippen molar-refractivity contribution in [2.45, 2.75) is 46.1 Å². The fourth-order valence-electron chi connectivity index (χ4n) is 5.12. The maximum absolute atomic E-state index is 14.1. The Labute approximate surface area is 254 Å². The quantitative estimate of drug-likeness (QED) is 0.171. The van der Waals surface area contributed by atoms with E-state index >= 15 is 0 Å². The largest absolute Gasteiger partial charge is 0.481 e. The summed E-state index contributed by atoms with van der Waals surface area (Å²) in [4.78, 5) is 43.1. The fourth-order valence-corrected chi connectivity index (χ4v) is 5.12. The van der Waals surface area contributed by atoms with Crippen LogP contribution in [0, 0.1) is 6.92 Å². The van der Waals surface area contributed by atoms with Crippen molar-refractivity contribution >= 4 is 17.8 Å². The molecule has 0 aliphatic rings. The van der Waals surface area contributed by atoms with Gasteiger partial charge in [0, 0.05) is 37.3 Å². The maximum atomic E-state index is 14.1. The van der Waals surface area contributed by atoms with Crippen molar-refractivity contribution in [3.63, 3.8) is 0 Å². The van der Waals surface area contributed by atoms with Crippen molar-refractivity contribution in [3.8, 4) is 11.1 Å². The van der Waals surface area contributed by atoms with E-state index in [1.807, 2.05) is 103 Å². The maximum Gasteiger partial charge on any atom is 0.305 e. The molecule has 6 heteroatoms. The van der Waals surface area contributed by atoms with Crippen LogP contribution in [-0.2, 0) is 17.8 Å². The molecule has 0 heterocycles. The third-order valence-corrected chi connectivity index (χ3v) is 7.56. The van der Waals surface area contributed by atoms with Crippen LogP contribution in [0.15, 0.2) is 103 Å². The molecule has 4 rings (SSSR count). The van der Waals surface area contributed by atoms with E-state index in [4.69, 9.17) is 0 Å². The van der Waals surface area contributed by atoms with E-state index < -0.39 is 5.97 Å². The fraction of sp³-hybridized carbons (Fsp3) is 0.270. The number of nitrogens with zero attached hydrogens (tertiary/aromatic N) is 2. The van der Waals surface area contributed by atoms with E-state index in [-0.39, 0.29) is 24.8 Å². The van der Waals surface area contributed by atoms with E-state index in [2.05, 4.69) is 6.92 Å². The van der Waals surface area contributed by atoms with Gasteiger partial charge in [-0.15, -0.1) is 0 Å². The Hall–Kier alpha value is -4.71. The molecule has 0 aliphatic carbocycles. The van der Waals surface area contributed by atoms with Gasteiger partial charge in [0.05, 0.1) is 6.42 Å². The molecule has 0 atom stereocenters. The molecule has 0 radical (unpaired) electrons. The number of carbonyl (C=O) groups excluding carboxylic acids is 2. The second-order valence-corrected chi connectivity index (χ2v) is 10.8. The van der Waals surface area contributed by atoms with Crippen LogP contribution in [0.3, 0.4) is 0 Å². The molecule has 0 unspecified atom stereocenters. The second-order valence-electron chi connectivity index (χ2n) is 10.8. The number of aliphatic carboxylic acids is 1. The van der Waals surface area contributed by atoms with E-state index in [9.17, 15) is 19.5 Å². The summed E-state index contributed by atoms with van der Waals surface area (Å²) in [5.41, 5.74) is 5.61. The monoisotopic (exact) mass is 576 g/mol. The number of carboxylic acid groups (broad SMARTS) is 1. The molecular weight excluding hydrogens is 536 g/mol. The van der Waals surface area contributed by atoms with E-state index in [1.165, 1.54) is 0 Å². The number of carbonyl (C=O) groups is 3. The summed E-state index contributed by atoms with van der Waals surface area (Å²) in [6.07, 6.45) is 2.30. The van der Waals surface area contributed by atoms with Crippen LogP contribution in [0.4, 0.5) is 0 Å². The molecule has 0 aliphatic heterocycles. The zero-order chi connectivity index (χ0) is 30.6. The van der Waals surface area contributed by atoms with Crippen molar-refractivity contribution in [1.82, 2.24) is 9.80 Å².